The molecule has 0 aliphatic rings. The molecule has 1 aromatic heterocycles. The fourth-order valence-electron chi connectivity index (χ4n) is 2.66. The zero-order valence-electron chi connectivity index (χ0n) is 16.6. The van der Waals surface area contributed by atoms with E-state index in [2.05, 4.69) is 15.0 Å². The van der Waals surface area contributed by atoms with Crippen molar-refractivity contribution >= 4 is 27.5 Å². The molecule has 0 unspecified atom stereocenters. The number of sulfonamides is 1. The van der Waals surface area contributed by atoms with Crippen molar-refractivity contribution < 1.29 is 17.9 Å². The van der Waals surface area contributed by atoms with Crippen LogP contribution in [0.3, 0.4) is 0 Å². The van der Waals surface area contributed by atoms with Gasteiger partial charge in [-0.1, -0.05) is 35.9 Å². The topological polar surface area (TPSA) is 97.4 Å². The number of nitrogens with one attached hydrogen (secondary N) is 2. The molecular formula is C22H22ClN3O4S. The summed E-state index contributed by atoms with van der Waals surface area (Å²) < 4.78 is 32.5. The van der Waals surface area contributed by atoms with Crippen LogP contribution in [0.15, 0.2) is 78.0 Å². The van der Waals surface area contributed by atoms with Crippen LogP contribution in [0.2, 0.25) is 5.02 Å². The molecule has 0 atom stereocenters. The van der Waals surface area contributed by atoms with Crippen molar-refractivity contribution in [3.8, 4) is 5.75 Å². The van der Waals surface area contributed by atoms with Gasteiger partial charge in [0.05, 0.1) is 4.90 Å². The van der Waals surface area contributed by atoms with Crippen LogP contribution in [-0.2, 0) is 28.0 Å². The minimum Gasteiger partial charge on any atom is -0.489 e. The van der Waals surface area contributed by atoms with E-state index in [4.69, 9.17) is 16.3 Å². The number of carbonyl (C=O) groups excluding carboxylic acids is 1. The fraction of sp³-hybridized carbons (Fsp3) is 0.182. The summed E-state index contributed by atoms with van der Waals surface area (Å²) in [4.78, 5) is 16.1. The average molecular weight is 460 g/mol. The number of aromatic nitrogens is 1. The number of halogens is 1. The van der Waals surface area contributed by atoms with Crippen molar-refractivity contribution in [3.05, 3.63) is 89.2 Å². The molecule has 162 valence electrons. The van der Waals surface area contributed by atoms with Crippen molar-refractivity contribution in [2.75, 3.05) is 6.54 Å². The summed E-state index contributed by atoms with van der Waals surface area (Å²) in [5, 5.41) is 3.10. The molecule has 3 aromatic rings. The molecule has 0 spiro atoms. The third-order valence-electron chi connectivity index (χ3n) is 4.29. The second-order valence-electron chi connectivity index (χ2n) is 6.68. The quantitative estimate of drug-likeness (QED) is 0.484. The maximum absolute atomic E-state index is 12.2. The first-order valence-corrected chi connectivity index (χ1v) is 11.4. The molecule has 0 saturated carbocycles. The first-order valence-electron chi connectivity index (χ1n) is 9.55. The number of hydrogen-bond donors (Lipinski definition) is 2. The monoisotopic (exact) mass is 459 g/mol. The van der Waals surface area contributed by atoms with Gasteiger partial charge in [-0.3, -0.25) is 9.78 Å². The molecule has 9 heteroatoms. The Morgan fingerprint density at radius 1 is 1.03 bits per heavy atom. The van der Waals surface area contributed by atoms with E-state index in [0.29, 0.717) is 23.9 Å². The fourth-order valence-corrected chi connectivity index (χ4v) is 3.99. The van der Waals surface area contributed by atoms with Gasteiger partial charge in [0.15, 0.2) is 0 Å². The second-order valence-corrected chi connectivity index (χ2v) is 8.88. The maximum atomic E-state index is 12.2. The molecule has 2 aromatic carbocycles. The second kappa shape index (κ2) is 10.9. The SMILES string of the molecule is O=C(CCNS(=O)(=O)c1cccc(Cl)c1)NCc1ccc(OCc2cccnc2)cc1. The zero-order chi connectivity index (χ0) is 22.1. The van der Waals surface area contributed by atoms with Crippen molar-refractivity contribution in [3.63, 3.8) is 0 Å². The van der Waals surface area contributed by atoms with Gasteiger partial charge in [0.1, 0.15) is 12.4 Å². The number of hydrogen-bond acceptors (Lipinski definition) is 5. The molecule has 1 amide bonds. The highest BCUT2D eigenvalue weighted by Crippen LogP contribution is 2.15. The number of carbonyl (C=O) groups is 1. The predicted octanol–water partition coefficient (Wildman–Crippen LogP) is 3.30. The summed E-state index contributed by atoms with van der Waals surface area (Å²) in [5.41, 5.74) is 1.88. The van der Waals surface area contributed by atoms with Crippen LogP contribution in [0.25, 0.3) is 0 Å². The van der Waals surface area contributed by atoms with Gasteiger partial charge < -0.3 is 10.1 Å². The highest BCUT2D eigenvalue weighted by atomic mass is 35.5. The van der Waals surface area contributed by atoms with Crippen LogP contribution >= 0.6 is 11.6 Å². The van der Waals surface area contributed by atoms with Crippen molar-refractivity contribution in [2.24, 2.45) is 0 Å². The van der Waals surface area contributed by atoms with Gasteiger partial charge in [-0.05, 0) is 42.0 Å². The number of benzene rings is 2. The largest absolute Gasteiger partial charge is 0.489 e. The summed E-state index contributed by atoms with van der Waals surface area (Å²) in [6.07, 6.45) is 3.48. The lowest BCUT2D eigenvalue weighted by Crippen LogP contribution is -2.30. The average Bonchev–Trinajstić information content (AvgIpc) is 2.77. The Morgan fingerprint density at radius 2 is 1.84 bits per heavy atom. The van der Waals surface area contributed by atoms with Crippen molar-refractivity contribution in [2.45, 2.75) is 24.5 Å². The van der Waals surface area contributed by atoms with Crippen molar-refractivity contribution in [1.82, 2.24) is 15.0 Å². The smallest absolute Gasteiger partial charge is 0.240 e. The maximum Gasteiger partial charge on any atom is 0.240 e. The minimum atomic E-state index is -3.71. The lowest BCUT2D eigenvalue weighted by Gasteiger charge is -2.09. The van der Waals surface area contributed by atoms with E-state index in [9.17, 15) is 13.2 Å². The van der Waals surface area contributed by atoms with E-state index in [1.165, 1.54) is 12.1 Å². The normalized spacial score (nSPS) is 11.1. The standard InChI is InChI=1S/C22H22ClN3O4S/c23-19-4-1-5-21(13-19)31(28,29)26-12-10-22(27)25-15-17-6-8-20(9-7-17)30-16-18-3-2-11-24-14-18/h1-9,11,13-14,26H,10,12,15-16H2,(H,25,27). The van der Waals surface area contributed by atoms with Crippen LogP contribution in [-0.4, -0.2) is 25.9 Å². The summed E-state index contributed by atoms with van der Waals surface area (Å²) >= 11 is 5.82. The Balaban J connectivity index is 1.39. The van der Waals surface area contributed by atoms with Gasteiger partial charge in [-0.25, -0.2) is 13.1 Å². The molecule has 0 radical (unpaired) electrons. The lowest BCUT2D eigenvalue weighted by molar-refractivity contribution is -0.121. The molecule has 2 N–H and O–H groups in total. The Bertz CT molecular complexity index is 1110. The Kier molecular flexibility index (Phi) is 8.00. The Morgan fingerprint density at radius 3 is 2.55 bits per heavy atom. The van der Waals surface area contributed by atoms with Gasteiger partial charge in [0, 0.05) is 42.5 Å². The number of ether oxygens (including phenoxy) is 1. The number of nitrogens with zero attached hydrogens (tertiary/aromatic N) is 1. The molecule has 31 heavy (non-hydrogen) atoms. The Hall–Kier alpha value is -2.94. The van der Waals surface area contributed by atoms with Gasteiger partial charge in [0.2, 0.25) is 15.9 Å². The van der Waals surface area contributed by atoms with Crippen LogP contribution in [0.5, 0.6) is 5.75 Å². The van der Waals surface area contributed by atoms with E-state index < -0.39 is 10.0 Å². The minimum absolute atomic E-state index is 0.0121. The third kappa shape index (κ3) is 7.36. The number of pyridine rings is 1. The highest BCUT2D eigenvalue weighted by Gasteiger charge is 2.14. The number of rotatable bonds is 10. The van der Waals surface area contributed by atoms with E-state index in [0.717, 1.165) is 11.1 Å². The van der Waals surface area contributed by atoms with E-state index >= 15 is 0 Å². The molecule has 0 aliphatic heterocycles. The number of amides is 1. The van der Waals surface area contributed by atoms with E-state index in [1.807, 2.05) is 36.4 Å². The van der Waals surface area contributed by atoms with E-state index in [-0.39, 0.29) is 23.8 Å². The van der Waals surface area contributed by atoms with Crippen LogP contribution in [0, 0.1) is 0 Å². The summed E-state index contributed by atoms with van der Waals surface area (Å²) in [7, 11) is -3.71. The summed E-state index contributed by atoms with van der Waals surface area (Å²) in [6.45, 7) is 0.750. The molecule has 7 nitrogen and oxygen atoms in total. The molecule has 1 heterocycles. The molecule has 0 bridgehead atoms. The highest BCUT2D eigenvalue weighted by molar-refractivity contribution is 7.89. The summed E-state index contributed by atoms with van der Waals surface area (Å²) in [5.74, 6) is 0.458. The van der Waals surface area contributed by atoms with Crippen LogP contribution in [0.4, 0.5) is 0 Å². The van der Waals surface area contributed by atoms with Gasteiger partial charge in [0.25, 0.3) is 0 Å². The molecule has 3 rings (SSSR count). The predicted molar refractivity (Wildman–Crippen MR) is 118 cm³/mol. The van der Waals surface area contributed by atoms with Gasteiger partial charge in [-0.2, -0.15) is 0 Å². The summed E-state index contributed by atoms with van der Waals surface area (Å²) in [6, 6.07) is 17.1. The lowest BCUT2D eigenvalue weighted by atomic mass is 10.2. The molecule has 0 saturated heterocycles. The molecule has 0 aliphatic carbocycles. The zero-order valence-corrected chi connectivity index (χ0v) is 18.2. The van der Waals surface area contributed by atoms with E-state index in [1.54, 1.807) is 24.5 Å². The van der Waals surface area contributed by atoms with Gasteiger partial charge >= 0.3 is 0 Å². The van der Waals surface area contributed by atoms with Crippen LogP contribution < -0.4 is 14.8 Å². The first kappa shape index (κ1) is 22.7. The first-order chi connectivity index (χ1) is 14.9. The Labute approximate surface area is 186 Å². The molecular weight excluding hydrogens is 438 g/mol. The third-order valence-corrected chi connectivity index (χ3v) is 5.99. The van der Waals surface area contributed by atoms with Gasteiger partial charge in [-0.15, -0.1) is 0 Å². The van der Waals surface area contributed by atoms with Crippen LogP contribution in [0.1, 0.15) is 17.5 Å². The van der Waals surface area contributed by atoms with Crippen molar-refractivity contribution in [1.29, 1.82) is 0 Å². The molecule has 0 fully saturated rings.